The first-order valence-corrected chi connectivity index (χ1v) is 8.06. The number of imidazole rings is 1. The van der Waals surface area contributed by atoms with Crippen LogP contribution < -0.4 is 16.3 Å². The Bertz CT molecular complexity index is 896. The van der Waals surface area contributed by atoms with E-state index < -0.39 is 0 Å². The van der Waals surface area contributed by atoms with Gasteiger partial charge in [-0.25, -0.2) is 9.78 Å². The minimum absolute atomic E-state index is 0.231. The predicted octanol–water partition coefficient (Wildman–Crippen LogP) is 1.76. The maximum absolute atomic E-state index is 12.3. The van der Waals surface area contributed by atoms with E-state index in [2.05, 4.69) is 25.6 Å². The number of nitrogens with zero attached hydrogens (tertiary/aromatic N) is 3. The molecule has 0 unspecified atom stereocenters. The molecule has 0 bridgehead atoms. The Labute approximate surface area is 144 Å². The van der Waals surface area contributed by atoms with Crippen molar-refractivity contribution in [3.63, 3.8) is 0 Å². The highest BCUT2D eigenvalue weighted by atomic mass is 35.5. The fourth-order valence-electron chi connectivity index (χ4n) is 2.50. The van der Waals surface area contributed by atoms with Crippen LogP contribution >= 0.6 is 11.6 Å². The maximum Gasteiger partial charge on any atom is 0.328 e. The molecule has 0 radical (unpaired) electrons. The van der Waals surface area contributed by atoms with E-state index in [1.807, 2.05) is 32.2 Å². The highest BCUT2D eigenvalue weighted by molar-refractivity contribution is 6.31. The van der Waals surface area contributed by atoms with E-state index in [1.54, 1.807) is 10.8 Å². The number of anilines is 1. The molecule has 0 spiro atoms. The monoisotopic (exact) mass is 346 g/mol. The summed E-state index contributed by atoms with van der Waals surface area (Å²) in [7, 11) is 1.88. The van der Waals surface area contributed by atoms with Crippen LogP contribution in [0.15, 0.2) is 29.2 Å². The van der Waals surface area contributed by atoms with Crippen LogP contribution in [0.2, 0.25) is 5.02 Å². The van der Waals surface area contributed by atoms with Crippen LogP contribution in [0, 0.1) is 6.92 Å². The van der Waals surface area contributed by atoms with Crippen molar-refractivity contribution in [2.24, 2.45) is 0 Å². The van der Waals surface area contributed by atoms with Crippen LogP contribution in [-0.4, -0.2) is 39.7 Å². The van der Waals surface area contributed by atoms with Crippen LogP contribution in [0.1, 0.15) is 11.1 Å². The number of hydrogen-bond donors (Lipinski definition) is 3. The maximum atomic E-state index is 12.3. The van der Waals surface area contributed by atoms with Crippen LogP contribution in [0.4, 0.5) is 5.95 Å². The summed E-state index contributed by atoms with van der Waals surface area (Å²) in [6.07, 6.45) is 1.61. The zero-order valence-corrected chi connectivity index (χ0v) is 14.3. The molecule has 2 heterocycles. The highest BCUT2D eigenvalue weighted by Gasteiger charge is 2.13. The average Bonchev–Trinajstić information content (AvgIpc) is 2.86. The minimum Gasteiger partial charge on any atom is -0.353 e. The van der Waals surface area contributed by atoms with E-state index in [0.29, 0.717) is 35.2 Å². The summed E-state index contributed by atoms with van der Waals surface area (Å²) in [4.78, 5) is 23.8. The third-order valence-electron chi connectivity index (χ3n) is 3.84. The van der Waals surface area contributed by atoms with Gasteiger partial charge in [-0.15, -0.1) is 0 Å². The SMILES string of the molecule is CNCCNc1ncc2[nH]c(=O)n(Cc3c(C)cccc3Cl)c2n1. The number of aromatic amines is 1. The summed E-state index contributed by atoms with van der Waals surface area (Å²) < 4.78 is 1.58. The average molecular weight is 347 g/mol. The number of hydrogen-bond acceptors (Lipinski definition) is 5. The summed E-state index contributed by atoms with van der Waals surface area (Å²) in [6, 6.07) is 5.69. The van der Waals surface area contributed by atoms with Crippen molar-refractivity contribution in [1.82, 2.24) is 24.8 Å². The normalized spacial score (nSPS) is 11.1. The summed E-state index contributed by atoms with van der Waals surface area (Å²) in [5.41, 5.74) is 2.87. The lowest BCUT2D eigenvalue weighted by molar-refractivity contribution is 0.772. The van der Waals surface area contributed by atoms with Crippen molar-refractivity contribution in [2.45, 2.75) is 13.5 Å². The number of nitrogens with one attached hydrogen (secondary N) is 3. The molecule has 0 aliphatic rings. The number of rotatable bonds is 6. The van der Waals surface area contributed by atoms with Gasteiger partial charge in [-0.2, -0.15) is 4.98 Å². The Balaban J connectivity index is 1.99. The van der Waals surface area contributed by atoms with Gasteiger partial charge in [0.2, 0.25) is 5.95 Å². The van der Waals surface area contributed by atoms with Crippen LogP contribution in [0.3, 0.4) is 0 Å². The Hall–Kier alpha value is -2.38. The number of aryl methyl sites for hydroxylation is 1. The Morgan fingerprint density at radius 2 is 2.17 bits per heavy atom. The molecule has 1 aromatic carbocycles. The molecule has 2 aromatic heterocycles. The van der Waals surface area contributed by atoms with Gasteiger partial charge < -0.3 is 15.6 Å². The molecule has 0 aliphatic heterocycles. The van der Waals surface area contributed by atoms with Gasteiger partial charge in [-0.05, 0) is 31.2 Å². The largest absolute Gasteiger partial charge is 0.353 e. The Kier molecular flexibility index (Phi) is 4.82. The first-order chi connectivity index (χ1) is 11.6. The lowest BCUT2D eigenvalue weighted by Gasteiger charge is -2.09. The van der Waals surface area contributed by atoms with E-state index in [0.717, 1.165) is 17.7 Å². The molecule has 0 aliphatic carbocycles. The van der Waals surface area contributed by atoms with Gasteiger partial charge in [-0.1, -0.05) is 23.7 Å². The van der Waals surface area contributed by atoms with Crippen molar-refractivity contribution >= 4 is 28.7 Å². The fourth-order valence-corrected chi connectivity index (χ4v) is 2.78. The van der Waals surface area contributed by atoms with Gasteiger partial charge >= 0.3 is 5.69 Å². The number of likely N-dealkylation sites (N-methyl/N-ethyl adjacent to an activating group) is 1. The minimum atomic E-state index is -0.231. The topological polar surface area (TPSA) is 87.6 Å². The second-order valence-corrected chi connectivity index (χ2v) is 5.92. The molecule has 126 valence electrons. The molecule has 0 saturated carbocycles. The van der Waals surface area contributed by atoms with Crippen molar-refractivity contribution in [3.8, 4) is 0 Å². The predicted molar refractivity (Wildman–Crippen MR) is 95.9 cm³/mol. The van der Waals surface area contributed by atoms with Crippen LogP contribution in [0.25, 0.3) is 11.2 Å². The Morgan fingerprint density at radius 1 is 1.33 bits per heavy atom. The third kappa shape index (κ3) is 3.27. The van der Waals surface area contributed by atoms with E-state index >= 15 is 0 Å². The zero-order valence-electron chi connectivity index (χ0n) is 13.6. The molecule has 0 amide bonds. The number of halogens is 1. The fraction of sp³-hybridized carbons (Fsp3) is 0.312. The number of benzene rings is 1. The second-order valence-electron chi connectivity index (χ2n) is 5.51. The quantitative estimate of drug-likeness (QED) is 0.592. The van der Waals surface area contributed by atoms with E-state index in [9.17, 15) is 4.79 Å². The van der Waals surface area contributed by atoms with Crippen molar-refractivity contribution in [2.75, 3.05) is 25.5 Å². The van der Waals surface area contributed by atoms with Gasteiger partial charge in [0.15, 0.2) is 5.65 Å². The molecule has 3 rings (SSSR count). The van der Waals surface area contributed by atoms with E-state index in [-0.39, 0.29) is 5.69 Å². The van der Waals surface area contributed by atoms with Crippen LogP contribution in [0.5, 0.6) is 0 Å². The smallest absolute Gasteiger partial charge is 0.328 e. The van der Waals surface area contributed by atoms with Gasteiger partial charge in [0.25, 0.3) is 0 Å². The molecular formula is C16H19ClN6O. The molecule has 3 aromatic rings. The highest BCUT2D eigenvalue weighted by Crippen LogP contribution is 2.21. The summed E-state index contributed by atoms with van der Waals surface area (Å²) >= 11 is 6.29. The van der Waals surface area contributed by atoms with Gasteiger partial charge in [-0.3, -0.25) is 4.57 Å². The van der Waals surface area contributed by atoms with Gasteiger partial charge in [0, 0.05) is 18.1 Å². The van der Waals surface area contributed by atoms with E-state index in [1.165, 1.54) is 0 Å². The first-order valence-electron chi connectivity index (χ1n) is 7.68. The standard InChI is InChI=1S/C16H19ClN6O/c1-10-4-3-5-12(17)11(10)9-23-14-13(21-16(23)24)8-20-15(22-14)19-7-6-18-2/h3-5,8,18H,6-7,9H2,1-2H3,(H,21,24)(H,19,20,22). The molecule has 8 heteroatoms. The summed E-state index contributed by atoms with van der Waals surface area (Å²) in [5.74, 6) is 0.487. The molecule has 24 heavy (non-hydrogen) atoms. The Morgan fingerprint density at radius 3 is 2.92 bits per heavy atom. The molecule has 0 atom stereocenters. The zero-order chi connectivity index (χ0) is 17.1. The van der Waals surface area contributed by atoms with Crippen molar-refractivity contribution in [3.05, 3.63) is 51.0 Å². The van der Waals surface area contributed by atoms with Gasteiger partial charge in [0.05, 0.1) is 12.7 Å². The molecule has 0 fully saturated rings. The molecular weight excluding hydrogens is 328 g/mol. The first kappa shape index (κ1) is 16.5. The lowest BCUT2D eigenvalue weighted by atomic mass is 10.1. The number of H-pyrrole nitrogens is 1. The van der Waals surface area contributed by atoms with Crippen LogP contribution in [-0.2, 0) is 6.54 Å². The third-order valence-corrected chi connectivity index (χ3v) is 4.19. The van der Waals surface area contributed by atoms with Gasteiger partial charge in [0.1, 0.15) is 5.52 Å². The summed E-state index contributed by atoms with van der Waals surface area (Å²) in [5, 5.41) is 6.80. The number of aromatic nitrogens is 4. The van der Waals surface area contributed by atoms with Crippen molar-refractivity contribution < 1.29 is 0 Å². The molecule has 7 nitrogen and oxygen atoms in total. The molecule has 3 N–H and O–H groups in total. The lowest BCUT2D eigenvalue weighted by Crippen LogP contribution is -2.20. The van der Waals surface area contributed by atoms with E-state index in [4.69, 9.17) is 11.6 Å². The summed E-state index contributed by atoms with van der Waals surface area (Å²) in [6.45, 7) is 3.82. The second kappa shape index (κ2) is 7.02. The van der Waals surface area contributed by atoms with Crippen molar-refractivity contribution in [1.29, 1.82) is 0 Å². The number of fused-ring (bicyclic) bond motifs is 1. The molecule has 0 saturated heterocycles.